The van der Waals surface area contributed by atoms with Crippen molar-refractivity contribution in [2.75, 3.05) is 59.0 Å². The van der Waals surface area contributed by atoms with Gasteiger partial charge in [0.05, 0.1) is 27.9 Å². The second kappa shape index (κ2) is 9.31. The summed E-state index contributed by atoms with van der Waals surface area (Å²) in [5.41, 5.74) is 0.494. The number of benzene rings is 1. The molecule has 0 N–H and O–H groups in total. The molecule has 9 nitrogen and oxygen atoms in total. The standard InChI is InChI=1S/C20H26N4O5/c1-5-29-18-7-6-17(21-22-18)23-8-10-24(11-9-23)20(25)14-12-15(26-2)19(28-4)16(13-14)27-3/h6-7,12-13H,5,8-11H2,1-4H3. The van der Waals surface area contributed by atoms with Gasteiger partial charge in [0.1, 0.15) is 0 Å². The molecule has 2 aromatic rings. The Hall–Kier alpha value is -3.23. The van der Waals surface area contributed by atoms with Crippen molar-refractivity contribution in [1.82, 2.24) is 15.1 Å². The topological polar surface area (TPSA) is 86.3 Å². The number of carbonyl (C=O) groups excluding carboxylic acids is 1. The van der Waals surface area contributed by atoms with Gasteiger partial charge in [-0.15, -0.1) is 10.2 Å². The SMILES string of the molecule is CCOc1ccc(N2CCN(C(=O)c3cc(OC)c(OC)c(OC)c3)CC2)nn1. The fourth-order valence-electron chi connectivity index (χ4n) is 3.23. The first-order valence-electron chi connectivity index (χ1n) is 9.42. The molecular weight excluding hydrogens is 376 g/mol. The van der Waals surface area contributed by atoms with E-state index in [1.54, 1.807) is 23.1 Å². The number of anilines is 1. The molecule has 0 spiro atoms. The van der Waals surface area contributed by atoms with Gasteiger partial charge in [0.15, 0.2) is 17.3 Å². The molecule has 0 saturated carbocycles. The summed E-state index contributed by atoms with van der Waals surface area (Å²) in [6.07, 6.45) is 0. The van der Waals surface area contributed by atoms with E-state index < -0.39 is 0 Å². The van der Waals surface area contributed by atoms with Gasteiger partial charge in [-0.1, -0.05) is 0 Å². The van der Waals surface area contributed by atoms with Crippen LogP contribution >= 0.6 is 0 Å². The highest BCUT2D eigenvalue weighted by molar-refractivity contribution is 5.95. The zero-order valence-corrected chi connectivity index (χ0v) is 17.2. The van der Waals surface area contributed by atoms with Crippen molar-refractivity contribution >= 4 is 11.7 Å². The highest BCUT2D eigenvalue weighted by atomic mass is 16.5. The highest BCUT2D eigenvalue weighted by Gasteiger charge is 2.25. The predicted molar refractivity (Wildman–Crippen MR) is 107 cm³/mol. The van der Waals surface area contributed by atoms with Crippen LogP contribution in [-0.4, -0.2) is 75.1 Å². The summed E-state index contributed by atoms with van der Waals surface area (Å²) >= 11 is 0. The molecule has 0 aliphatic carbocycles. The second-order valence-electron chi connectivity index (χ2n) is 6.36. The number of hydrogen-bond donors (Lipinski definition) is 0. The molecule has 156 valence electrons. The normalized spacial score (nSPS) is 13.8. The highest BCUT2D eigenvalue weighted by Crippen LogP contribution is 2.38. The van der Waals surface area contributed by atoms with E-state index in [1.807, 2.05) is 13.0 Å². The first-order valence-corrected chi connectivity index (χ1v) is 9.42. The zero-order valence-electron chi connectivity index (χ0n) is 17.2. The quantitative estimate of drug-likeness (QED) is 0.694. The van der Waals surface area contributed by atoms with Gasteiger partial charge in [-0.2, -0.15) is 0 Å². The molecule has 0 atom stereocenters. The summed E-state index contributed by atoms with van der Waals surface area (Å²) in [5, 5.41) is 8.28. The third-order valence-electron chi connectivity index (χ3n) is 4.72. The van der Waals surface area contributed by atoms with Crippen LogP contribution in [0.15, 0.2) is 24.3 Å². The lowest BCUT2D eigenvalue weighted by Crippen LogP contribution is -2.49. The van der Waals surface area contributed by atoms with Crippen LogP contribution in [0.1, 0.15) is 17.3 Å². The lowest BCUT2D eigenvalue weighted by atomic mass is 10.1. The molecule has 0 radical (unpaired) electrons. The minimum atomic E-state index is -0.0818. The molecular formula is C20H26N4O5. The Bertz CT molecular complexity index is 810. The van der Waals surface area contributed by atoms with E-state index in [0.29, 0.717) is 61.5 Å². The van der Waals surface area contributed by atoms with Crippen LogP contribution in [0, 0.1) is 0 Å². The predicted octanol–water partition coefficient (Wildman–Crippen LogP) is 1.86. The number of nitrogens with zero attached hydrogens (tertiary/aromatic N) is 4. The maximum absolute atomic E-state index is 13.0. The number of aromatic nitrogens is 2. The van der Waals surface area contributed by atoms with E-state index >= 15 is 0 Å². The van der Waals surface area contributed by atoms with Gasteiger partial charge in [0.2, 0.25) is 11.6 Å². The molecule has 0 unspecified atom stereocenters. The van der Waals surface area contributed by atoms with Gasteiger partial charge < -0.3 is 28.7 Å². The summed E-state index contributed by atoms with van der Waals surface area (Å²) < 4.78 is 21.3. The average molecular weight is 402 g/mol. The van der Waals surface area contributed by atoms with Gasteiger partial charge in [0, 0.05) is 37.8 Å². The Kier molecular flexibility index (Phi) is 6.58. The molecule has 1 saturated heterocycles. The molecule has 3 rings (SSSR count). The molecule has 1 aromatic carbocycles. The Morgan fingerprint density at radius 2 is 1.62 bits per heavy atom. The lowest BCUT2D eigenvalue weighted by molar-refractivity contribution is 0.0745. The van der Waals surface area contributed by atoms with E-state index in [2.05, 4.69) is 15.1 Å². The minimum absolute atomic E-state index is 0.0818. The first kappa shape index (κ1) is 20.5. The molecule has 9 heteroatoms. The Morgan fingerprint density at radius 1 is 0.966 bits per heavy atom. The third kappa shape index (κ3) is 4.44. The van der Waals surface area contributed by atoms with Crippen molar-refractivity contribution in [1.29, 1.82) is 0 Å². The van der Waals surface area contributed by atoms with Crippen LogP contribution in [0.5, 0.6) is 23.1 Å². The molecule has 1 fully saturated rings. The lowest BCUT2D eigenvalue weighted by Gasteiger charge is -2.35. The molecule has 2 heterocycles. The fraction of sp³-hybridized carbons (Fsp3) is 0.450. The van der Waals surface area contributed by atoms with E-state index in [9.17, 15) is 4.79 Å². The van der Waals surface area contributed by atoms with Crippen molar-refractivity contribution in [3.63, 3.8) is 0 Å². The van der Waals surface area contributed by atoms with Crippen LogP contribution in [0.2, 0.25) is 0 Å². The monoisotopic (exact) mass is 402 g/mol. The summed E-state index contributed by atoms with van der Waals surface area (Å²) in [5.74, 6) is 2.57. The second-order valence-corrected chi connectivity index (χ2v) is 6.36. The van der Waals surface area contributed by atoms with E-state index in [-0.39, 0.29) is 5.91 Å². The number of ether oxygens (including phenoxy) is 4. The maximum Gasteiger partial charge on any atom is 0.254 e. The van der Waals surface area contributed by atoms with Gasteiger partial charge in [-0.05, 0) is 25.1 Å². The fourth-order valence-corrected chi connectivity index (χ4v) is 3.23. The summed E-state index contributed by atoms with van der Waals surface area (Å²) in [4.78, 5) is 16.9. The van der Waals surface area contributed by atoms with Gasteiger partial charge in [0.25, 0.3) is 5.91 Å². The number of rotatable bonds is 7. The molecule has 1 aliphatic rings. The zero-order chi connectivity index (χ0) is 20.8. The van der Waals surface area contributed by atoms with Gasteiger partial charge >= 0.3 is 0 Å². The molecule has 29 heavy (non-hydrogen) atoms. The van der Waals surface area contributed by atoms with Gasteiger partial charge in [-0.3, -0.25) is 4.79 Å². The van der Waals surface area contributed by atoms with Crippen LogP contribution in [0.3, 0.4) is 0 Å². The Balaban J connectivity index is 1.68. The van der Waals surface area contributed by atoms with Crippen LogP contribution in [0.4, 0.5) is 5.82 Å². The third-order valence-corrected chi connectivity index (χ3v) is 4.72. The minimum Gasteiger partial charge on any atom is -0.493 e. The molecule has 0 bridgehead atoms. The number of piperazine rings is 1. The Morgan fingerprint density at radius 3 is 2.10 bits per heavy atom. The average Bonchev–Trinajstić information content (AvgIpc) is 2.78. The van der Waals surface area contributed by atoms with Crippen molar-refractivity contribution in [3.8, 4) is 23.1 Å². The van der Waals surface area contributed by atoms with Crippen molar-refractivity contribution in [3.05, 3.63) is 29.8 Å². The molecule has 1 aliphatic heterocycles. The maximum atomic E-state index is 13.0. The Labute approximate surface area is 170 Å². The van der Waals surface area contributed by atoms with E-state index in [1.165, 1.54) is 21.3 Å². The van der Waals surface area contributed by atoms with Crippen molar-refractivity contribution in [2.24, 2.45) is 0 Å². The number of hydrogen-bond acceptors (Lipinski definition) is 8. The van der Waals surface area contributed by atoms with E-state index in [4.69, 9.17) is 18.9 Å². The van der Waals surface area contributed by atoms with Crippen LogP contribution in [-0.2, 0) is 0 Å². The number of methoxy groups -OCH3 is 3. The first-order chi connectivity index (χ1) is 14.1. The number of carbonyl (C=O) groups is 1. The van der Waals surface area contributed by atoms with Crippen molar-refractivity contribution < 1.29 is 23.7 Å². The van der Waals surface area contributed by atoms with E-state index in [0.717, 1.165) is 5.82 Å². The van der Waals surface area contributed by atoms with Gasteiger partial charge in [-0.25, -0.2) is 0 Å². The molecule has 1 aromatic heterocycles. The largest absolute Gasteiger partial charge is 0.493 e. The van der Waals surface area contributed by atoms with Crippen LogP contribution in [0.25, 0.3) is 0 Å². The summed E-state index contributed by atoms with van der Waals surface area (Å²) in [7, 11) is 4.59. The summed E-state index contributed by atoms with van der Waals surface area (Å²) in [6.45, 7) is 4.93. The van der Waals surface area contributed by atoms with Crippen LogP contribution < -0.4 is 23.8 Å². The molecule has 1 amide bonds. The number of amides is 1. The van der Waals surface area contributed by atoms with Crippen molar-refractivity contribution in [2.45, 2.75) is 6.92 Å². The smallest absolute Gasteiger partial charge is 0.254 e. The summed E-state index contributed by atoms with van der Waals surface area (Å²) in [6, 6.07) is 7.04.